The van der Waals surface area contributed by atoms with Crippen molar-refractivity contribution in [3.8, 4) is 6.07 Å². The number of halogens is 4. The molecule has 4 N–H and O–H groups in total. The first-order valence-electron chi connectivity index (χ1n) is 10.4. The zero-order valence-electron chi connectivity index (χ0n) is 18.3. The van der Waals surface area contributed by atoms with Crippen LogP contribution in [-0.4, -0.2) is 32.8 Å². The zero-order chi connectivity index (χ0) is 25.3. The standard InChI is InChI=1S/C23H19F4N7O/c1-12-2-4-15(23(25,26)27)9-18(12)33-22(35)32-17-5-3-13(8-16(17)24)19-14(6-7-28)10-34-20(19)21(29)30-11-31-34/h2-5,8-11,16-17H,6H2,1H3,(H2,29,30,31)(H2,32,33,35). The van der Waals surface area contributed by atoms with Gasteiger partial charge in [-0.25, -0.2) is 18.7 Å². The largest absolute Gasteiger partial charge is 0.416 e. The molecule has 35 heavy (non-hydrogen) atoms. The Bertz CT molecular complexity index is 1400. The van der Waals surface area contributed by atoms with Gasteiger partial charge >= 0.3 is 12.2 Å². The van der Waals surface area contributed by atoms with Crippen molar-refractivity contribution in [2.75, 3.05) is 11.1 Å². The van der Waals surface area contributed by atoms with Crippen LogP contribution in [0.1, 0.15) is 22.3 Å². The zero-order valence-corrected chi connectivity index (χ0v) is 18.3. The molecule has 0 saturated heterocycles. The molecule has 0 fully saturated rings. The van der Waals surface area contributed by atoms with E-state index in [4.69, 9.17) is 5.73 Å². The second kappa shape index (κ2) is 9.09. The highest BCUT2D eigenvalue weighted by Gasteiger charge is 2.31. The van der Waals surface area contributed by atoms with E-state index < -0.39 is 30.0 Å². The van der Waals surface area contributed by atoms with Crippen LogP contribution in [-0.2, 0) is 12.6 Å². The number of allylic oxidation sites excluding steroid dienone is 2. The van der Waals surface area contributed by atoms with Crippen LogP contribution in [0.5, 0.6) is 0 Å². The summed E-state index contributed by atoms with van der Waals surface area (Å²) >= 11 is 0. The highest BCUT2D eigenvalue weighted by molar-refractivity contribution is 5.93. The molecule has 2 unspecified atom stereocenters. The van der Waals surface area contributed by atoms with Crippen molar-refractivity contribution in [2.24, 2.45) is 0 Å². The number of amides is 2. The van der Waals surface area contributed by atoms with Crippen LogP contribution in [0.15, 0.2) is 49.0 Å². The average Bonchev–Trinajstić information content (AvgIpc) is 3.15. The van der Waals surface area contributed by atoms with Crippen LogP contribution in [0.4, 0.5) is 33.9 Å². The molecule has 0 aliphatic heterocycles. The number of fused-ring (bicyclic) bond motifs is 1. The molecule has 2 aromatic heterocycles. The Morgan fingerprint density at radius 2 is 2.11 bits per heavy atom. The van der Waals surface area contributed by atoms with Crippen LogP contribution in [0, 0.1) is 18.3 Å². The number of aryl methyl sites for hydroxylation is 1. The van der Waals surface area contributed by atoms with E-state index in [0.29, 0.717) is 27.8 Å². The third-order valence-electron chi connectivity index (χ3n) is 5.51. The third kappa shape index (κ3) is 4.79. The van der Waals surface area contributed by atoms with Gasteiger partial charge in [0.05, 0.1) is 24.1 Å². The number of hydrogen-bond donors (Lipinski definition) is 3. The quantitative estimate of drug-likeness (QED) is 0.479. The summed E-state index contributed by atoms with van der Waals surface area (Å²) in [5, 5.41) is 18.0. The van der Waals surface area contributed by atoms with Crippen molar-refractivity contribution < 1.29 is 22.4 Å². The number of aromatic nitrogens is 3. The van der Waals surface area contributed by atoms with Gasteiger partial charge in [-0.1, -0.05) is 18.2 Å². The van der Waals surface area contributed by atoms with Crippen molar-refractivity contribution in [3.05, 3.63) is 71.2 Å². The molecule has 1 aliphatic rings. The van der Waals surface area contributed by atoms with E-state index in [2.05, 4.69) is 20.7 Å². The lowest BCUT2D eigenvalue weighted by Gasteiger charge is -2.22. The van der Waals surface area contributed by atoms with Gasteiger partial charge in [-0.05, 0) is 41.8 Å². The minimum Gasteiger partial charge on any atom is -0.382 e. The Kier molecular flexibility index (Phi) is 6.17. The number of alkyl halides is 4. The molecular weight excluding hydrogens is 466 g/mol. The fraction of sp³-hybridized carbons (Fsp3) is 0.217. The second-order valence-corrected chi connectivity index (χ2v) is 7.88. The Hall–Kier alpha value is -4.40. The van der Waals surface area contributed by atoms with E-state index >= 15 is 4.39 Å². The maximum Gasteiger partial charge on any atom is 0.416 e. The maximum atomic E-state index is 15.1. The first-order chi connectivity index (χ1) is 16.6. The molecule has 3 aromatic rings. The summed E-state index contributed by atoms with van der Waals surface area (Å²) in [7, 11) is 0. The van der Waals surface area contributed by atoms with Gasteiger partial charge < -0.3 is 16.4 Å². The molecule has 4 rings (SSSR count). The number of carbonyl (C=O) groups excluding carboxylic acids is 1. The van der Waals surface area contributed by atoms with Crippen LogP contribution < -0.4 is 16.4 Å². The van der Waals surface area contributed by atoms with Gasteiger partial charge in [0.25, 0.3) is 0 Å². The molecule has 0 saturated carbocycles. The van der Waals surface area contributed by atoms with Crippen molar-refractivity contribution in [2.45, 2.75) is 31.7 Å². The highest BCUT2D eigenvalue weighted by Crippen LogP contribution is 2.34. The molecule has 2 amide bonds. The number of anilines is 2. The molecule has 1 aromatic carbocycles. The topological polar surface area (TPSA) is 121 Å². The predicted octanol–water partition coefficient (Wildman–Crippen LogP) is 4.19. The van der Waals surface area contributed by atoms with Gasteiger partial charge in [-0.3, -0.25) is 0 Å². The Morgan fingerprint density at radius 3 is 2.80 bits per heavy atom. The van der Waals surface area contributed by atoms with Crippen molar-refractivity contribution in [3.63, 3.8) is 0 Å². The number of nitrogens with two attached hydrogens (primary N) is 1. The molecule has 2 atom stereocenters. The van der Waals surface area contributed by atoms with Gasteiger partial charge in [-0.2, -0.15) is 23.5 Å². The summed E-state index contributed by atoms with van der Waals surface area (Å²) in [6.07, 6.45) is 0.916. The number of benzene rings is 1. The summed E-state index contributed by atoms with van der Waals surface area (Å²) < 4.78 is 55.5. The van der Waals surface area contributed by atoms with Gasteiger partial charge in [0, 0.05) is 17.4 Å². The fourth-order valence-electron chi connectivity index (χ4n) is 3.81. The number of urea groups is 1. The summed E-state index contributed by atoms with van der Waals surface area (Å²) in [6, 6.07) is 3.08. The number of rotatable bonds is 4. The average molecular weight is 485 g/mol. The molecular formula is C23H19F4N7O. The lowest BCUT2D eigenvalue weighted by molar-refractivity contribution is -0.137. The van der Waals surface area contributed by atoms with Crippen LogP contribution in [0.3, 0.4) is 0 Å². The summed E-state index contributed by atoms with van der Waals surface area (Å²) in [6.45, 7) is 1.54. The molecule has 0 bridgehead atoms. The van der Waals surface area contributed by atoms with E-state index in [1.807, 2.05) is 6.07 Å². The summed E-state index contributed by atoms with van der Waals surface area (Å²) in [5.41, 5.74) is 7.38. The van der Waals surface area contributed by atoms with Crippen molar-refractivity contribution in [1.82, 2.24) is 19.9 Å². The minimum atomic E-state index is -4.57. The van der Waals surface area contributed by atoms with Crippen LogP contribution >= 0.6 is 0 Å². The van der Waals surface area contributed by atoms with Crippen molar-refractivity contribution >= 4 is 28.6 Å². The lowest BCUT2D eigenvalue weighted by Crippen LogP contribution is -2.42. The smallest absolute Gasteiger partial charge is 0.382 e. The predicted molar refractivity (Wildman–Crippen MR) is 121 cm³/mol. The second-order valence-electron chi connectivity index (χ2n) is 7.88. The first-order valence-corrected chi connectivity index (χ1v) is 10.4. The maximum absolute atomic E-state index is 15.1. The van der Waals surface area contributed by atoms with Gasteiger partial charge in [0.15, 0.2) is 5.82 Å². The van der Waals surface area contributed by atoms with E-state index in [1.54, 1.807) is 19.2 Å². The van der Waals surface area contributed by atoms with Crippen LogP contribution in [0.2, 0.25) is 0 Å². The van der Waals surface area contributed by atoms with E-state index in [1.165, 1.54) is 29.1 Å². The van der Waals surface area contributed by atoms with Crippen LogP contribution in [0.25, 0.3) is 11.1 Å². The van der Waals surface area contributed by atoms with Gasteiger partial charge in [0.1, 0.15) is 18.0 Å². The number of nitrogens with one attached hydrogen (secondary N) is 2. The SMILES string of the molecule is Cc1ccc(C(F)(F)F)cc1NC(=O)NC1C=CC(c2c(CC#N)cn3ncnc(N)c23)=CC1F. The van der Waals surface area contributed by atoms with Gasteiger partial charge in [0.2, 0.25) is 0 Å². The molecule has 12 heteroatoms. The molecule has 2 heterocycles. The Morgan fingerprint density at radius 1 is 1.34 bits per heavy atom. The summed E-state index contributed by atoms with van der Waals surface area (Å²) in [4.78, 5) is 16.4. The fourth-order valence-corrected chi connectivity index (χ4v) is 3.81. The first kappa shape index (κ1) is 23.7. The lowest BCUT2D eigenvalue weighted by atomic mass is 9.93. The van der Waals surface area contributed by atoms with Gasteiger partial charge in [-0.15, -0.1) is 0 Å². The number of carbonyl (C=O) groups is 1. The molecule has 180 valence electrons. The highest BCUT2D eigenvalue weighted by atomic mass is 19.4. The molecule has 0 spiro atoms. The van der Waals surface area contributed by atoms with E-state index in [-0.39, 0.29) is 17.9 Å². The van der Waals surface area contributed by atoms with Crippen molar-refractivity contribution in [1.29, 1.82) is 5.26 Å². The number of nitrogen functional groups attached to an aromatic ring is 1. The monoisotopic (exact) mass is 485 g/mol. The number of nitrogens with zero attached hydrogens (tertiary/aromatic N) is 4. The third-order valence-corrected chi connectivity index (χ3v) is 5.51. The molecule has 1 aliphatic carbocycles. The number of hydrogen-bond acceptors (Lipinski definition) is 5. The number of nitriles is 1. The van der Waals surface area contributed by atoms with E-state index in [0.717, 1.165) is 12.1 Å². The Balaban J connectivity index is 1.54. The Labute approximate surface area is 196 Å². The molecule has 0 radical (unpaired) electrons. The minimum absolute atomic E-state index is 0.0285. The normalized spacial score (nSPS) is 17.7. The molecule has 8 nitrogen and oxygen atoms in total. The van der Waals surface area contributed by atoms with E-state index in [9.17, 15) is 23.2 Å². The summed E-state index contributed by atoms with van der Waals surface area (Å²) in [5.74, 6) is 0.153.